The van der Waals surface area contributed by atoms with Crippen molar-refractivity contribution in [3.63, 3.8) is 0 Å². The van der Waals surface area contributed by atoms with Crippen molar-refractivity contribution in [1.29, 1.82) is 0 Å². The topological polar surface area (TPSA) is 88.1 Å². The van der Waals surface area contributed by atoms with Crippen LogP contribution in [0.4, 0.5) is 0 Å². The van der Waals surface area contributed by atoms with E-state index in [1.807, 2.05) is 67.6 Å². The number of fused-ring (bicyclic) bond motifs is 1. The third-order valence-corrected chi connectivity index (χ3v) is 8.25. The van der Waals surface area contributed by atoms with Gasteiger partial charge in [0, 0.05) is 17.1 Å². The maximum absolute atomic E-state index is 14.1. The molecule has 0 aromatic heterocycles. The Hall–Kier alpha value is -4.65. The van der Waals surface area contributed by atoms with Gasteiger partial charge in [-0.05, 0) is 66.3 Å². The van der Waals surface area contributed by atoms with Crippen molar-refractivity contribution in [2.75, 3.05) is 20.8 Å². The van der Waals surface area contributed by atoms with E-state index in [2.05, 4.69) is 6.08 Å². The van der Waals surface area contributed by atoms with Crippen LogP contribution in [0.3, 0.4) is 0 Å². The van der Waals surface area contributed by atoms with Gasteiger partial charge in [-0.3, -0.25) is 14.4 Å². The molecule has 7 heteroatoms. The summed E-state index contributed by atoms with van der Waals surface area (Å²) in [6.07, 6.45) is 5.33. The van der Waals surface area contributed by atoms with Crippen LogP contribution in [0.1, 0.15) is 53.2 Å². The number of carbonyl (C=O) groups excluding carboxylic acids is 3. The molecule has 0 aliphatic heterocycles. The molecule has 3 aromatic carbocycles. The van der Waals surface area contributed by atoms with E-state index >= 15 is 0 Å². The van der Waals surface area contributed by atoms with Crippen molar-refractivity contribution >= 4 is 24.1 Å². The Morgan fingerprint density at radius 1 is 0.953 bits per heavy atom. The molecule has 1 fully saturated rings. The second-order valence-corrected chi connectivity index (χ2v) is 10.9. The number of hydrogen-bond acceptors (Lipinski definition) is 7. The summed E-state index contributed by atoms with van der Waals surface area (Å²) in [4.78, 5) is 38.3. The molecule has 2 aliphatic carbocycles. The first-order valence-corrected chi connectivity index (χ1v) is 14.5. The Kier molecular flexibility index (Phi) is 9.10. The van der Waals surface area contributed by atoms with Crippen LogP contribution in [0, 0.1) is 17.8 Å². The van der Waals surface area contributed by atoms with Crippen LogP contribution in [0.15, 0.2) is 84.0 Å². The number of Topliss-reactive ketones (excluding diaryl/α,β-unsaturated/α-hetero) is 1. The average molecular weight is 581 g/mol. The standard InChI is InChI=1S/C36H36O7/c1-5-42-36(39)32-22(2)15-27-18-28(35(38)34(27)33(32)26-13-14-30(40-3)31(19-26)41-4)16-25-7-6-8-29(17-25)43-21-24-11-9-23(20-37)10-12-24/h6-17,19-20,22,32-34H,5,18,21H2,1-4H3/b28-16+. The molecular formula is C36H36O7. The molecule has 222 valence electrons. The third-order valence-electron chi connectivity index (χ3n) is 8.25. The van der Waals surface area contributed by atoms with E-state index in [0.29, 0.717) is 41.4 Å². The summed E-state index contributed by atoms with van der Waals surface area (Å²) >= 11 is 0. The zero-order valence-corrected chi connectivity index (χ0v) is 24.9. The van der Waals surface area contributed by atoms with E-state index in [1.54, 1.807) is 33.3 Å². The molecular weight excluding hydrogens is 544 g/mol. The molecule has 0 saturated heterocycles. The molecule has 0 N–H and O–H groups in total. The smallest absolute Gasteiger partial charge is 0.310 e. The highest BCUT2D eigenvalue weighted by molar-refractivity contribution is 6.07. The highest BCUT2D eigenvalue weighted by atomic mass is 16.5. The van der Waals surface area contributed by atoms with Crippen LogP contribution in [0.2, 0.25) is 0 Å². The van der Waals surface area contributed by atoms with Gasteiger partial charge in [-0.15, -0.1) is 0 Å². The Bertz CT molecular complexity index is 1570. The van der Waals surface area contributed by atoms with Crippen molar-refractivity contribution in [1.82, 2.24) is 0 Å². The van der Waals surface area contributed by atoms with Gasteiger partial charge >= 0.3 is 5.97 Å². The van der Waals surface area contributed by atoms with E-state index < -0.39 is 17.8 Å². The van der Waals surface area contributed by atoms with Crippen molar-refractivity contribution in [3.05, 3.63) is 106 Å². The quantitative estimate of drug-likeness (QED) is 0.115. The summed E-state index contributed by atoms with van der Waals surface area (Å²) in [6.45, 7) is 4.43. The fourth-order valence-corrected chi connectivity index (χ4v) is 6.25. The van der Waals surface area contributed by atoms with Gasteiger partial charge in [0.1, 0.15) is 18.6 Å². The number of ether oxygens (including phenoxy) is 4. The lowest BCUT2D eigenvalue weighted by atomic mass is 9.65. The number of rotatable bonds is 10. The molecule has 1 saturated carbocycles. The minimum Gasteiger partial charge on any atom is -0.493 e. The number of ketones is 1. The lowest BCUT2D eigenvalue weighted by Crippen LogP contribution is -2.38. The maximum Gasteiger partial charge on any atom is 0.310 e. The zero-order chi connectivity index (χ0) is 30.5. The third kappa shape index (κ3) is 6.26. The SMILES string of the molecule is CCOC(=O)C1C(C)C=C2C/C(=C\c3cccc(OCc4ccc(C=O)cc4)c3)C(=O)C2C1c1ccc(OC)c(OC)c1. The monoisotopic (exact) mass is 580 g/mol. The first-order chi connectivity index (χ1) is 20.9. The van der Waals surface area contributed by atoms with Gasteiger partial charge in [0.2, 0.25) is 0 Å². The van der Waals surface area contributed by atoms with Crippen LogP contribution < -0.4 is 14.2 Å². The van der Waals surface area contributed by atoms with Gasteiger partial charge in [0.05, 0.1) is 32.7 Å². The van der Waals surface area contributed by atoms with E-state index in [1.165, 1.54) is 0 Å². The Morgan fingerprint density at radius 2 is 1.72 bits per heavy atom. The predicted molar refractivity (Wildman–Crippen MR) is 163 cm³/mol. The summed E-state index contributed by atoms with van der Waals surface area (Å²) in [5, 5.41) is 0. The van der Waals surface area contributed by atoms with E-state index in [0.717, 1.165) is 28.5 Å². The summed E-state index contributed by atoms with van der Waals surface area (Å²) in [5.41, 5.74) is 4.97. The molecule has 2 aliphatic rings. The lowest BCUT2D eigenvalue weighted by Gasteiger charge is -2.37. The van der Waals surface area contributed by atoms with Crippen LogP contribution in [0.5, 0.6) is 17.2 Å². The normalized spacial score (nSPS) is 22.0. The molecule has 4 atom stereocenters. The number of methoxy groups -OCH3 is 2. The van der Waals surface area contributed by atoms with Gasteiger partial charge in [0.25, 0.3) is 0 Å². The highest BCUT2D eigenvalue weighted by Gasteiger charge is 2.50. The van der Waals surface area contributed by atoms with Gasteiger partial charge in [0.15, 0.2) is 17.3 Å². The van der Waals surface area contributed by atoms with Crippen LogP contribution in [-0.2, 0) is 20.9 Å². The number of allylic oxidation sites excluding steroid dienone is 3. The van der Waals surface area contributed by atoms with E-state index in [4.69, 9.17) is 18.9 Å². The molecule has 0 radical (unpaired) electrons. The molecule has 5 rings (SSSR count). The van der Waals surface area contributed by atoms with Crippen LogP contribution >= 0.6 is 0 Å². The van der Waals surface area contributed by atoms with Crippen molar-refractivity contribution < 1.29 is 33.3 Å². The largest absolute Gasteiger partial charge is 0.493 e. The first-order valence-electron chi connectivity index (χ1n) is 14.5. The molecule has 0 bridgehead atoms. The fourth-order valence-electron chi connectivity index (χ4n) is 6.25. The predicted octanol–water partition coefficient (Wildman–Crippen LogP) is 6.61. The van der Waals surface area contributed by atoms with E-state index in [-0.39, 0.29) is 24.3 Å². The minimum absolute atomic E-state index is 0.00817. The minimum atomic E-state index is -0.521. The number of aldehydes is 1. The molecule has 0 amide bonds. The van der Waals surface area contributed by atoms with E-state index in [9.17, 15) is 14.4 Å². The fraction of sp³-hybridized carbons (Fsp3) is 0.306. The van der Waals surface area contributed by atoms with Crippen molar-refractivity contribution in [3.8, 4) is 17.2 Å². The second kappa shape index (κ2) is 13.1. The Morgan fingerprint density at radius 3 is 2.42 bits per heavy atom. The number of esters is 1. The van der Waals surface area contributed by atoms with Gasteiger partial charge < -0.3 is 18.9 Å². The van der Waals surface area contributed by atoms with Gasteiger partial charge in [-0.25, -0.2) is 0 Å². The van der Waals surface area contributed by atoms with Gasteiger partial charge in [-0.1, -0.05) is 61.0 Å². The number of carbonyl (C=O) groups is 3. The van der Waals surface area contributed by atoms with Crippen LogP contribution in [-0.4, -0.2) is 38.9 Å². The molecule has 0 spiro atoms. The molecule has 4 unspecified atom stereocenters. The first kappa shape index (κ1) is 29.8. The Labute approximate surface area is 252 Å². The summed E-state index contributed by atoms with van der Waals surface area (Å²) < 4.78 is 22.5. The molecule has 3 aromatic rings. The molecule has 7 nitrogen and oxygen atoms in total. The van der Waals surface area contributed by atoms with Crippen molar-refractivity contribution in [2.45, 2.75) is 32.8 Å². The summed E-state index contributed by atoms with van der Waals surface area (Å²) in [6, 6.07) is 20.5. The second-order valence-electron chi connectivity index (χ2n) is 10.9. The lowest BCUT2D eigenvalue weighted by molar-refractivity contribution is -0.151. The average Bonchev–Trinajstić information content (AvgIpc) is 3.33. The number of hydrogen-bond donors (Lipinski definition) is 0. The molecule has 43 heavy (non-hydrogen) atoms. The van der Waals surface area contributed by atoms with Crippen molar-refractivity contribution in [2.24, 2.45) is 17.8 Å². The van der Waals surface area contributed by atoms with Gasteiger partial charge in [-0.2, -0.15) is 0 Å². The Balaban J connectivity index is 1.44. The zero-order valence-electron chi connectivity index (χ0n) is 24.9. The number of benzene rings is 3. The summed E-state index contributed by atoms with van der Waals surface area (Å²) in [5.74, 6) is -0.0255. The maximum atomic E-state index is 14.1. The summed E-state index contributed by atoms with van der Waals surface area (Å²) in [7, 11) is 3.15. The highest BCUT2D eigenvalue weighted by Crippen LogP contribution is 2.52. The molecule has 0 heterocycles. The van der Waals surface area contributed by atoms with Crippen LogP contribution in [0.25, 0.3) is 6.08 Å².